The van der Waals surface area contributed by atoms with Gasteiger partial charge in [-0.15, -0.1) is 11.3 Å². The van der Waals surface area contributed by atoms with Crippen LogP contribution in [-0.4, -0.2) is 15.0 Å². The molecular formula is C45H27N3S. The number of fused-ring (bicyclic) bond motifs is 8. The molecule has 0 aliphatic carbocycles. The number of rotatable bonds is 4. The molecule has 0 amide bonds. The lowest BCUT2D eigenvalue weighted by atomic mass is 9.96. The van der Waals surface area contributed by atoms with E-state index in [9.17, 15) is 0 Å². The van der Waals surface area contributed by atoms with Crippen molar-refractivity contribution in [1.82, 2.24) is 15.0 Å². The second kappa shape index (κ2) is 11.2. The van der Waals surface area contributed by atoms with E-state index in [1.807, 2.05) is 6.07 Å². The van der Waals surface area contributed by atoms with Gasteiger partial charge < -0.3 is 0 Å². The highest BCUT2D eigenvalue weighted by molar-refractivity contribution is 7.26. The predicted molar refractivity (Wildman–Crippen MR) is 207 cm³/mol. The standard InChI is InChI=1S/C45H27N3S/c1-2-11-28(12-3-1)33-15-6-7-17-39(33)44-46-43(47-45(48-44)40-19-10-18-38-37-16-8-9-20-41(37)49-42(38)40)31-23-24-34-30(27-31)22-26-35-32-14-5-4-13-29(32)21-25-36(34)35/h1-27H. The number of hydrogen-bond acceptors (Lipinski definition) is 4. The van der Waals surface area contributed by atoms with E-state index in [2.05, 4.69) is 158 Å². The molecule has 0 bridgehead atoms. The van der Waals surface area contributed by atoms with Crippen molar-refractivity contribution in [3.63, 3.8) is 0 Å². The summed E-state index contributed by atoms with van der Waals surface area (Å²) in [4.78, 5) is 15.6. The third kappa shape index (κ3) is 4.61. The molecule has 0 spiro atoms. The molecule has 0 saturated heterocycles. The Balaban J connectivity index is 1.21. The predicted octanol–water partition coefficient (Wildman–Crippen LogP) is 12.4. The average Bonchev–Trinajstić information content (AvgIpc) is 3.56. The van der Waals surface area contributed by atoms with Crippen LogP contribution in [0.4, 0.5) is 0 Å². The van der Waals surface area contributed by atoms with E-state index in [0.717, 1.165) is 33.2 Å². The molecule has 0 aliphatic rings. The second-order valence-corrected chi connectivity index (χ2v) is 13.4. The van der Waals surface area contributed by atoms with E-state index >= 15 is 0 Å². The van der Waals surface area contributed by atoms with Crippen molar-refractivity contribution in [3.05, 3.63) is 164 Å². The third-order valence-corrected chi connectivity index (χ3v) is 10.8. The number of aromatic nitrogens is 3. The molecule has 0 N–H and O–H groups in total. The number of thiophene rings is 1. The van der Waals surface area contributed by atoms with E-state index in [0.29, 0.717) is 17.5 Å². The van der Waals surface area contributed by atoms with Crippen LogP contribution in [0, 0.1) is 0 Å². The minimum Gasteiger partial charge on any atom is -0.208 e. The molecule has 2 aromatic heterocycles. The Morgan fingerprint density at radius 3 is 1.78 bits per heavy atom. The molecule has 228 valence electrons. The first-order valence-corrected chi connectivity index (χ1v) is 17.3. The van der Waals surface area contributed by atoms with E-state index in [1.165, 1.54) is 47.1 Å². The Hall–Kier alpha value is -6.23. The fourth-order valence-corrected chi connectivity index (χ4v) is 8.40. The molecule has 0 unspecified atom stereocenters. The first kappa shape index (κ1) is 27.8. The Labute approximate surface area is 286 Å². The van der Waals surface area contributed by atoms with Gasteiger partial charge in [0.15, 0.2) is 17.5 Å². The Bertz CT molecular complexity index is 2890. The monoisotopic (exact) mass is 641 g/mol. The third-order valence-electron chi connectivity index (χ3n) is 9.53. The zero-order valence-electron chi connectivity index (χ0n) is 26.3. The van der Waals surface area contributed by atoms with Crippen molar-refractivity contribution in [2.75, 3.05) is 0 Å². The normalized spacial score (nSPS) is 11.7. The average molecular weight is 642 g/mol. The summed E-state index contributed by atoms with van der Waals surface area (Å²) in [6, 6.07) is 58.0. The van der Waals surface area contributed by atoms with Gasteiger partial charge in [0, 0.05) is 36.9 Å². The second-order valence-electron chi connectivity index (χ2n) is 12.4. The van der Waals surface area contributed by atoms with Gasteiger partial charge in [0.1, 0.15) is 0 Å². The van der Waals surface area contributed by atoms with Crippen LogP contribution < -0.4 is 0 Å². The van der Waals surface area contributed by atoms with Crippen LogP contribution in [0.3, 0.4) is 0 Å². The van der Waals surface area contributed by atoms with Crippen molar-refractivity contribution in [1.29, 1.82) is 0 Å². The quantitative estimate of drug-likeness (QED) is 0.180. The summed E-state index contributed by atoms with van der Waals surface area (Å²) < 4.78 is 2.43. The molecular weight excluding hydrogens is 615 g/mol. The summed E-state index contributed by atoms with van der Waals surface area (Å²) in [7, 11) is 0. The van der Waals surface area contributed by atoms with Crippen molar-refractivity contribution in [2.45, 2.75) is 0 Å². The maximum atomic E-state index is 5.22. The molecule has 4 heteroatoms. The molecule has 0 radical (unpaired) electrons. The van der Waals surface area contributed by atoms with Crippen molar-refractivity contribution in [2.24, 2.45) is 0 Å². The van der Waals surface area contributed by atoms with Gasteiger partial charge in [-0.05, 0) is 61.6 Å². The van der Waals surface area contributed by atoms with Gasteiger partial charge >= 0.3 is 0 Å². The molecule has 10 rings (SSSR count). The lowest BCUT2D eigenvalue weighted by molar-refractivity contribution is 1.08. The van der Waals surface area contributed by atoms with Crippen LogP contribution in [0.15, 0.2) is 164 Å². The zero-order chi connectivity index (χ0) is 32.3. The topological polar surface area (TPSA) is 38.7 Å². The van der Waals surface area contributed by atoms with Crippen LogP contribution in [0.5, 0.6) is 0 Å². The highest BCUT2D eigenvalue weighted by Gasteiger charge is 2.19. The number of nitrogens with zero attached hydrogens (tertiary/aromatic N) is 3. The van der Waals surface area contributed by atoms with Crippen LogP contribution in [0.2, 0.25) is 0 Å². The number of benzene rings is 8. The summed E-state index contributed by atoms with van der Waals surface area (Å²) in [6.07, 6.45) is 0. The molecule has 0 aliphatic heterocycles. The maximum Gasteiger partial charge on any atom is 0.165 e. The highest BCUT2D eigenvalue weighted by Crippen LogP contribution is 2.40. The van der Waals surface area contributed by atoms with E-state index < -0.39 is 0 Å². The summed E-state index contributed by atoms with van der Waals surface area (Å²) >= 11 is 1.79. The van der Waals surface area contributed by atoms with E-state index in [1.54, 1.807) is 11.3 Å². The van der Waals surface area contributed by atoms with Gasteiger partial charge in [0.2, 0.25) is 0 Å². The van der Waals surface area contributed by atoms with Gasteiger partial charge in [-0.3, -0.25) is 0 Å². The number of hydrogen-bond donors (Lipinski definition) is 0. The molecule has 8 aromatic carbocycles. The highest BCUT2D eigenvalue weighted by atomic mass is 32.1. The molecule has 2 heterocycles. The first-order valence-electron chi connectivity index (χ1n) is 16.4. The minimum atomic E-state index is 0.654. The summed E-state index contributed by atoms with van der Waals surface area (Å²) in [5.41, 5.74) is 5.15. The maximum absolute atomic E-state index is 5.22. The lowest BCUT2D eigenvalue weighted by Gasteiger charge is -2.13. The molecule has 0 atom stereocenters. The lowest BCUT2D eigenvalue weighted by Crippen LogP contribution is -2.01. The van der Waals surface area contributed by atoms with Gasteiger partial charge in [-0.25, -0.2) is 15.0 Å². The fraction of sp³-hybridized carbons (Fsp3) is 0. The fourth-order valence-electron chi connectivity index (χ4n) is 7.18. The van der Waals surface area contributed by atoms with Gasteiger partial charge in [-0.1, -0.05) is 146 Å². The van der Waals surface area contributed by atoms with E-state index in [-0.39, 0.29) is 0 Å². The van der Waals surface area contributed by atoms with Gasteiger partial charge in [-0.2, -0.15) is 0 Å². The summed E-state index contributed by atoms with van der Waals surface area (Å²) in [5.74, 6) is 1.98. The molecule has 3 nitrogen and oxygen atoms in total. The van der Waals surface area contributed by atoms with Crippen LogP contribution in [0.1, 0.15) is 0 Å². The molecule has 0 saturated carbocycles. The van der Waals surface area contributed by atoms with Crippen LogP contribution in [-0.2, 0) is 0 Å². The Kier molecular flexibility index (Phi) is 6.36. The largest absolute Gasteiger partial charge is 0.208 e. The van der Waals surface area contributed by atoms with Crippen molar-refractivity contribution < 1.29 is 0 Å². The van der Waals surface area contributed by atoms with Gasteiger partial charge in [0.25, 0.3) is 0 Å². The van der Waals surface area contributed by atoms with E-state index in [4.69, 9.17) is 15.0 Å². The van der Waals surface area contributed by atoms with Crippen LogP contribution in [0.25, 0.3) is 97.8 Å². The Morgan fingerprint density at radius 2 is 0.918 bits per heavy atom. The zero-order valence-corrected chi connectivity index (χ0v) is 27.2. The minimum absolute atomic E-state index is 0.654. The molecule has 49 heavy (non-hydrogen) atoms. The SMILES string of the molecule is c1ccc(-c2ccccc2-c2nc(-c3ccc4c(ccc5c6ccccc6ccc45)c3)nc(-c3cccc4c3sc3ccccc34)n2)cc1. The summed E-state index contributed by atoms with van der Waals surface area (Å²) in [5, 5.41) is 9.86. The van der Waals surface area contributed by atoms with Crippen molar-refractivity contribution in [3.8, 4) is 45.3 Å². The van der Waals surface area contributed by atoms with Crippen molar-refractivity contribution >= 4 is 63.8 Å². The molecule has 0 fully saturated rings. The smallest absolute Gasteiger partial charge is 0.165 e. The molecule has 10 aromatic rings. The Morgan fingerprint density at radius 1 is 0.327 bits per heavy atom. The van der Waals surface area contributed by atoms with Crippen LogP contribution >= 0.6 is 11.3 Å². The first-order chi connectivity index (χ1) is 24.3. The van der Waals surface area contributed by atoms with Gasteiger partial charge in [0.05, 0.1) is 0 Å². The summed E-state index contributed by atoms with van der Waals surface area (Å²) in [6.45, 7) is 0.